The summed E-state index contributed by atoms with van der Waals surface area (Å²) in [5.74, 6) is -2.31. The van der Waals surface area contributed by atoms with Gasteiger partial charge in [-0.3, -0.25) is 4.79 Å². The van der Waals surface area contributed by atoms with Crippen LogP contribution < -0.4 is 10.1 Å². The Morgan fingerprint density at radius 3 is 2.74 bits per heavy atom. The molecule has 23 heavy (non-hydrogen) atoms. The van der Waals surface area contributed by atoms with Gasteiger partial charge in [0.1, 0.15) is 0 Å². The van der Waals surface area contributed by atoms with Crippen molar-refractivity contribution in [1.29, 1.82) is 0 Å². The van der Waals surface area contributed by atoms with Gasteiger partial charge in [-0.25, -0.2) is 9.18 Å². The summed E-state index contributed by atoms with van der Waals surface area (Å²) in [5.41, 5.74) is 0.153. The van der Waals surface area contributed by atoms with Crippen molar-refractivity contribution in [2.75, 3.05) is 7.11 Å². The maximum absolute atomic E-state index is 13.7. The molecule has 122 valence electrons. The number of methoxy groups -OCH3 is 1. The van der Waals surface area contributed by atoms with Crippen molar-refractivity contribution in [3.63, 3.8) is 0 Å². The molecule has 5 nitrogen and oxygen atoms in total. The van der Waals surface area contributed by atoms with Gasteiger partial charge in [0.25, 0.3) is 0 Å². The molecule has 0 saturated heterocycles. The van der Waals surface area contributed by atoms with Gasteiger partial charge in [-0.2, -0.15) is 0 Å². The van der Waals surface area contributed by atoms with Crippen LogP contribution in [0.1, 0.15) is 22.9 Å². The molecule has 0 aliphatic heterocycles. The van der Waals surface area contributed by atoms with Gasteiger partial charge in [0, 0.05) is 11.3 Å². The summed E-state index contributed by atoms with van der Waals surface area (Å²) in [4.78, 5) is 24.4. The van der Waals surface area contributed by atoms with Crippen LogP contribution in [-0.4, -0.2) is 24.1 Å². The van der Waals surface area contributed by atoms with Crippen LogP contribution in [0.2, 0.25) is 0 Å². The lowest BCUT2D eigenvalue weighted by Gasteiger charge is -2.15. The van der Waals surface area contributed by atoms with Gasteiger partial charge in [0.05, 0.1) is 7.11 Å². The molecule has 0 aliphatic rings. The van der Waals surface area contributed by atoms with Crippen LogP contribution in [0.5, 0.6) is 5.75 Å². The Bertz CT molecular complexity index is 687. The number of carboxylic acids is 1. The number of rotatable bonds is 7. The highest BCUT2D eigenvalue weighted by molar-refractivity contribution is 7.09. The zero-order valence-corrected chi connectivity index (χ0v) is 13.2. The third kappa shape index (κ3) is 4.53. The Morgan fingerprint density at radius 2 is 2.17 bits per heavy atom. The molecule has 0 bridgehead atoms. The van der Waals surface area contributed by atoms with Crippen molar-refractivity contribution in [2.45, 2.75) is 18.9 Å². The Morgan fingerprint density at radius 1 is 1.39 bits per heavy atom. The standard InChI is InChI=1S/C16H16FNO4S/c1-22-13-6-4-10(9-12(13)17)15(16(20)21)18-14(19)7-5-11-3-2-8-23-11/h2-4,6,8-9,15H,5,7H2,1H3,(H,18,19)(H,20,21). The van der Waals surface area contributed by atoms with Crippen molar-refractivity contribution in [2.24, 2.45) is 0 Å². The first-order valence-electron chi connectivity index (χ1n) is 6.89. The Balaban J connectivity index is 2.04. The Kier molecular flexibility index (Phi) is 5.70. The number of thiophene rings is 1. The molecule has 1 heterocycles. The predicted octanol–water partition coefficient (Wildman–Crippen LogP) is 2.77. The zero-order chi connectivity index (χ0) is 16.8. The van der Waals surface area contributed by atoms with Crippen molar-refractivity contribution >= 4 is 23.2 Å². The third-order valence-electron chi connectivity index (χ3n) is 3.24. The van der Waals surface area contributed by atoms with Crippen LogP contribution in [0.25, 0.3) is 0 Å². The Labute approximate surface area is 136 Å². The molecule has 2 rings (SSSR count). The van der Waals surface area contributed by atoms with E-state index in [-0.39, 0.29) is 17.7 Å². The van der Waals surface area contributed by atoms with Gasteiger partial charge in [0.2, 0.25) is 5.91 Å². The monoisotopic (exact) mass is 337 g/mol. The highest BCUT2D eigenvalue weighted by Gasteiger charge is 2.23. The van der Waals surface area contributed by atoms with Crippen LogP contribution in [0, 0.1) is 5.82 Å². The van der Waals surface area contributed by atoms with E-state index >= 15 is 0 Å². The number of hydrogen-bond donors (Lipinski definition) is 2. The molecule has 2 N–H and O–H groups in total. The van der Waals surface area contributed by atoms with Crippen LogP contribution in [0.4, 0.5) is 4.39 Å². The number of carboxylic acid groups (broad SMARTS) is 1. The second-order valence-corrected chi connectivity index (χ2v) is 5.84. The smallest absolute Gasteiger partial charge is 0.330 e. The summed E-state index contributed by atoms with van der Waals surface area (Å²) in [7, 11) is 1.32. The second kappa shape index (κ2) is 7.73. The first kappa shape index (κ1) is 17.0. The predicted molar refractivity (Wildman–Crippen MR) is 84.1 cm³/mol. The maximum Gasteiger partial charge on any atom is 0.330 e. The molecule has 0 spiro atoms. The number of nitrogens with one attached hydrogen (secondary N) is 1. The van der Waals surface area contributed by atoms with Gasteiger partial charge in [0.15, 0.2) is 17.6 Å². The molecule has 0 saturated carbocycles. The van der Waals surface area contributed by atoms with Crippen molar-refractivity contribution in [3.05, 3.63) is 52.0 Å². The van der Waals surface area contributed by atoms with E-state index in [2.05, 4.69) is 5.32 Å². The van der Waals surface area contributed by atoms with Crippen LogP contribution >= 0.6 is 11.3 Å². The van der Waals surface area contributed by atoms with E-state index in [0.717, 1.165) is 10.9 Å². The summed E-state index contributed by atoms with van der Waals surface area (Å²) >= 11 is 1.53. The lowest BCUT2D eigenvalue weighted by atomic mass is 10.1. The molecule has 1 atom stereocenters. The number of ether oxygens (including phenoxy) is 1. The Hall–Kier alpha value is -2.41. The van der Waals surface area contributed by atoms with Crippen molar-refractivity contribution in [3.8, 4) is 5.75 Å². The maximum atomic E-state index is 13.7. The van der Waals surface area contributed by atoms with Gasteiger partial charge < -0.3 is 15.2 Å². The number of hydrogen-bond acceptors (Lipinski definition) is 4. The molecule has 7 heteroatoms. The average Bonchev–Trinajstić information content (AvgIpc) is 3.03. The summed E-state index contributed by atoms with van der Waals surface area (Å²) in [6.45, 7) is 0. The van der Waals surface area contributed by atoms with Gasteiger partial charge in [-0.05, 0) is 35.6 Å². The van der Waals surface area contributed by atoms with Crippen molar-refractivity contribution < 1.29 is 23.8 Å². The van der Waals surface area contributed by atoms with E-state index < -0.39 is 23.7 Å². The third-order valence-corrected chi connectivity index (χ3v) is 4.18. The van der Waals surface area contributed by atoms with E-state index in [4.69, 9.17) is 4.74 Å². The number of carbonyl (C=O) groups excluding carboxylic acids is 1. The highest BCUT2D eigenvalue weighted by atomic mass is 32.1. The number of halogens is 1. The molecule has 1 amide bonds. The average molecular weight is 337 g/mol. The molecule has 1 unspecified atom stereocenters. The minimum Gasteiger partial charge on any atom is -0.494 e. The SMILES string of the molecule is COc1ccc(C(NC(=O)CCc2cccs2)C(=O)O)cc1F. The fourth-order valence-electron chi connectivity index (χ4n) is 2.07. The van der Waals surface area contributed by atoms with E-state index in [0.29, 0.717) is 6.42 Å². The molecule has 0 aliphatic carbocycles. The number of amides is 1. The molecular formula is C16H16FNO4S. The molecule has 1 aromatic heterocycles. The molecule has 0 fully saturated rings. The fourth-order valence-corrected chi connectivity index (χ4v) is 2.78. The highest BCUT2D eigenvalue weighted by Crippen LogP contribution is 2.22. The lowest BCUT2D eigenvalue weighted by Crippen LogP contribution is -2.33. The van der Waals surface area contributed by atoms with E-state index in [1.165, 1.54) is 30.6 Å². The summed E-state index contributed by atoms with van der Waals surface area (Å²) in [6.07, 6.45) is 0.704. The number of benzene rings is 1. The number of aryl methyl sites for hydroxylation is 1. The minimum atomic E-state index is -1.30. The number of carbonyl (C=O) groups is 2. The van der Waals surface area contributed by atoms with Gasteiger partial charge in [-0.1, -0.05) is 12.1 Å². The topological polar surface area (TPSA) is 75.6 Å². The van der Waals surface area contributed by atoms with Gasteiger partial charge in [-0.15, -0.1) is 11.3 Å². The zero-order valence-electron chi connectivity index (χ0n) is 12.4. The fraction of sp³-hybridized carbons (Fsp3) is 0.250. The molecular weight excluding hydrogens is 321 g/mol. The minimum absolute atomic E-state index is 0.0157. The first-order valence-corrected chi connectivity index (χ1v) is 7.77. The van der Waals surface area contributed by atoms with Crippen LogP contribution in [0.3, 0.4) is 0 Å². The second-order valence-electron chi connectivity index (χ2n) is 4.81. The van der Waals surface area contributed by atoms with E-state index in [1.807, 2.05) is 17.5 Å². The summed E-state index contributed by atoms with van der Waals surface area (Å²) < 4.78 is 18.5. The summed E-state index contributed by atoms with van der Waals surface area (Å²) in [5, 5.41) is 13.6. The molecule has 1 aromatic carbocycles. The molecule has 0 radical (unpaired) electrons. The lowest BCUT2D eigenvalue weighted by molar-refractivity contribution is -0.142. The largest absolute Gasteiger partial charge is 0.494 e. The quantitative estimate of drug-likeness (QED) is 0.815. The van der Waals surface area contributed by atoms with Crippen molar-refractivity contribution in [1.82, 2.24) is 5.32 Å². The van der Waals surface area contributed by atoms with Crippen LogP contribution in [0.15, 0.2) is 35.7 Å². The molecule has 2 aromatic rings. The summed E-state index contributed by atoms with van der Waals surface area (Å²) in [6, 6.07) is 6.30. The van der Waals surface area contributed by atoms with Crippen LogP contribution in [-0.2, 0) is 16.0 Å². The first-order chi connectivity index (χ1) is 11.0. The van der Waals surface area contributed by atoms with Gasteiger partial charge >= 0.3 is 5.97 Å². The normalized spacial score (nSPS) is 11.7. The van der Waals surface area contributed by atoms with E-state index in [9.17, 15) is 19.1 Å². The van der Waals surface area contributed by atoms with E-state index in [1.54, 1.807) is 0 Å². The number of aliphatic carboxylic acids is 1.